The van der Waals surface area contributed by atoms with Crippen molar-refractivity contribution in [1.29, 1.82) is 0 Å². The molecule has 1 rings (SSSR count). The van der Waals surface area contributed by atoms with Gasteiger partial charge in [0.15, 0.2) is 0 Å². The van der Waals surface area contributed by atoms with Gasteiger partial charge in [-0.1, -0.05) is 0 Å². The summed E-state index contributed by atoms with van der Waals surface area (Å²) in [6.07, 6.45) is 0.326. The zero-order chi connectivity index (χ0) is 11.9. The SMILES string of the molecule is O=P([O-])([O-])C(O)(C1CCCN1)P(=O)([O-])[O-].[Na+].[Na+].[Na+].[Na+]. The van der Waals surface area contributed by atoms with Gasteiger partial charge in [-0.3, -0.25) is 0 Å². The van der Waals surface area contributed by atoms with Crippen LogP contribution in [0.5, 0.6) is 0 Å². The van der Waals surface area contributed by atoms with Crippen LogP contribution in [0.1, 0.15) is 12.8 Å². The fourth-order valence-corrected chi connectivity index (χ4v) is 3.95. The van der Waals surface area contributed by atoms with Crippen LogP contribution >= 0.6 is 15.2 Å². The van der Waals surface area contributed by atoms with Crippen molar-refractivity contribution in [3.05, 3.63) is 0 Å². The molecule has 0 radical (unpaired) electrons. The first-order chi connectivity index (χ1) is 6.61. The zero-order valence-electron chi connectivity index (χ0n) is 11.5. The Kier molecular flexibility index (Phi) is 19.1. The average Bonchev–Trinajstić information content (AvgIpc) is 2.49. The van der Waals surface area contributed by atoms with Gasteiger partial charge in [-0.25, -0.2) is 0 Å². The van der Waals surface area contributed by atoms with Gasteiger partial charge in [0.1, 0.15) is 5.08 Å². The van der Waals surface area contributed by atoms with Crippen LogP contribution in [-0.2, 0) is 9.13 Å². The van der Waals surface area contributed by atoms with Crippen molar-refractivity contribution >= 4 is 15.2 Å². The van der Waals surface area contributed by atoms with Crippen LogP contribution in [-0.4, -0.2) is 22.8 Å². The van der Waals surface area contributed by atoms with E-state index in [1.54, 1.807) is 0 Å². The van der Waals surface area contributed by atoms with E-state index >= 15 is 0 Å². The number of aliphatic hydroxyl groups is 1. The van der Waals surface area contributed by atoms with E-state index in [0.29, 0.717) is 6.42 Å². The molecule has 90 valence electrons. The van der Waals surface area contributed by atoms with Crippen molar-refractivity contribution in [1.82, 2.24) is 5.32 Å². The van der Waals surface area contributed by atoms with E-state index in [0.717, 1.165) is 0 Å². The minimum absolute atomic E-state index is 0. The summed E-state index contributed by atoms with van der Waals surface area (Å²) in [7, 11) is -11.9. The first kappa shape index (κ1) is 31.0. The van der Waals surface area contributed by atoms with Crippen LogP contribution in [0, 0.1) is 0 Å². The van der Waals surface area contributed by atoms with E-state index in [9.17, 15) is 33.8 Å². The van der Waals surface area contributed by atoms with Gasteiger partial charge in [0, 0.05) is 6.04 Å². The van der Waals surface area contributed by atoms with Crippen LogP contribution in [0.15, 0.2) is 0 Å². The third-order valence-electron chi connectivity index (χ3n) is 2.33. The van der Waals surface area contributed by atoms with Crippen LogP contribution in [0.25, 0.3) is 0 Å². The molecular formula is C5H9NNa4O7P2. The number of nitrogens with one attached hydrogen (secondary N) is 1. The van der Waals surface area contributed by atoms with E-state index in [1.807, 2.05) is 0 Å². The molecule has 8 nitrogen and oxygen atoms in total. The van der Waals surface area contributed by atoms with Gasteiger partial charge in [0.2, 0.25) is 0 Å². The molecule has 2 N–H and O–H groups in total. The average molecular weight is 349 g/mol. The first-order valence-corrected chi connectivity index (χ1v) is 7.19. The molecule has 19 heavy (non-hydrogen) atoms. The summed E-state index contributed by atoms with van der Waals surface area (Å²) >= 11 is 0. The number of hydrogen-bond donors (Lipinski definition) is 2. The molecule has 1 aliphatic heterocycles. The standard InChI is InChI=1S/C5H13NO7P2.4Na/c7-5(14(8,9)10,15(11,12)13)4-2-1-3-6-4;;;;/h4,6-7H,1-3H2,(H2,8,9,10)(H2,11,12,13);;;;/q;4*+1/p-4. The van der Waals surface area contributed by atoms with Gasteiger partial charge in [0.25, 0.3) is 0 Å². The Bertz CT molecular complexity index is 318. The van der Waals surface area contributed by atoms with Gasteiger partial charge >= 0.3 is 118 Å². The van der Waals surface area contributed by atoms with E-state index in [-0.39, 0.29) is 131 Å². The molecular weight excluding hydrogens is 340 g/mol. The molecule has 0 aliphatic carbocycles. The van der Waals surface area contributed by atoms with Crippen molar-refractivity contribution in [2.24, 2.45) is 0 Å². The molecule has 1 heterocycles. The molecule has 1 unspecified atom stereocenters. The Morgan fingerprint density at radius 3 is 1.58 bits per heavy atom. The molecule has 1 atom stereocenters. The third kappa shape index (κ3) is 7.32. The van der Waals surface area contributed by atoms with Crippen LogP contribution < -0.4 is 143 Å². The summed E-state index contributed by atoms with van der Waals surface area (Å²) in [4.78, 5) is 42.8. The quantitative estimate of drug-likeness (QED) is 0.375. The Morgan fingerprint density at radius 2 is 1.37 bits per heavy atom. The predicted molar refractivity (Wildman–Crippen MR) is 41.2 cm³/mol. The Balaban J connectivity index is -0.000000281. The van der Waals surface area contributed by atoms with Crippen LogP contribution in [0.3, 0.4) is 0 Å². The first-order valence-electron chi connectivity index (χ1n) is 4.11. The van der Waals surface area contributed by atoms with Gasteiger partial charge in [-0.2, -0.15) is 0 Å². The van der Waals surface area contributed by atoms with Gasteiger partial charge in [-0.05, 0) is 34.6 Å². The van der Waals surface area contributed by atoms with Gasteiger partial charge < -0.3 is 39.1 Å². The molecule has 0 aromatic carbocycles. The van der Waals surface area contributed by atoms with Crippen molar-refractivity contribution in [3.8, 4) is 0 Å². The van der Waals surface area contributed by atoms with E-state index in [2.05, 4.69) is 5.32 Å². The number of rotatable bonds is 3. The van der Waals surface area contributed by atoms with Crippen molar-refractivity contribution < 1.29 is 152 Å². The fourth-order valence-electron chi connectivity index (χ4n) is 1.55. The molecule has 14 heteroatoms. The smallest absolute Gasteiger partial charge is 0.808 e. The summed E-state index contributed by atoms with van der Waals surface area (Å²) < 4.78 is 21.4. The Labute approximate surface area is 199 Å². The molecule has 1 fully saturated rings. The largest absolute Gasteiger partial charge is 1.00 e. The summed E-state index contributed by atoms with van der Waals surface area (Å²) in [5.41, 5.74) is 0. The van der Waals surface area contributed by atoms with E-state index < -0.39 is 26.3 Å². The molecule has 0 amide bonds. The summed E-state index contributed by atoms with van der Waals surface area (Å²) in [6.45, 7) is 0.243. The number of hydrogen-bond acceptors (Lipinski definition) is 8. The topological polar surface area (TPSA) is 159 Å². The summed E-state index contributed by atoms with van der Waals surface area (Å²) in [5, 5.41) is 7.89. The van der Waals surface area contributed by atoms with Crippen LogP contribution in [0.2, 0.25) is 0 Å². The van der Waals surface area contributed by atoms with E-state index in [1.165, 1.54) is 0 Å². The molecule has 0 bridgehead atoms. The van der Waals surface area contributed by atoms with E-state index in [4.69, 9.17) is 0 Å². The van der Waals surface area contributed by atoms with Gasteiger partial charge in [-0.15, -0.1) is 0 Å². The Morgan fingerprint density at radius 1 is 1.00 bits per heavy atom. The van der Waals surface area contributed by atoms with Gasteiger partial charge in [0.05, 0.1) is 0 Å². The van der Waals surface area contributed by atoms with Crippen molar-refractivity contribution in [3.63, 3.8) is 0 Å². The Hall–Kier alpha value is 4.22. The molecule has 0 aromatic heterocycles. The molecule has 0 saturated carbocycles. The van der Waals surface area contributed by atoms with Crippen molar-refractivity contribution in [2.75, 3.05) is 6.54 Å². The third-order valence-corrected chi connectivity index (χ3v) is 6.04. The second-order valence-corrected chi connectivity index (χ2v) is 7.04. The maximum Gasteiger partial charge on any atom is 1.00 e. The van der Waals surface area contributed by atoms with Crippen LogP contribution in [0.4, 0.5) is 0 Å². The molecule has 1 saturated heterocycles. The van der Waals surface area contributed by atoms with Crippen molar-refractivity contribution in [2.45, 2.75) is 24.0 Å². The molecule has 0 aromatic rings. The zero-order valence-corrected chi connectivity index (χ0v) is 21.3. The second kappa shape index (κ2) is 11.7. The second-order valence-electron chi connectivity index (χ2n) is 3.33. The summed E-state index contributed by atoms with van der Waals surface area (Å²) in [6, 6.07) is -1.54. The molecule has 1 aliphatic rings. The monoisotopic (exact) mass is 349 g/mol. The maximum atomic E-state index is 10.7. The predicted octanol–water partition coefficient (Wildman–Crippen LogP) is -15.8. The summed E-state index contributed by atoms with van der Waals surface area (Å²) in [5.74, 6) is 0. The fraction of sp³-hybridized carbons (Fsp3) is 1.00. The minimum Gasteiger partial charge on any atom is -0.808 e. The normalized spacial score (nSPS) is 19.3. The molecule has 0 spiro atoms. The maximum absolute atomic E-state index is 10.7. The minimum atomic E-state index is -5.95.